The Balaban J connectivity index is 1.58. The van der Waals surface area contributed by atoms with E-state index in [1.54, 1.807) is 60.7 Å². The second-order valence-corrected chi connectivity index (χ2v) is 8.41. The van der Waals surface area contributed by atoms with Gasteiger partial charge < -0.3 is 10.1 Å². The quantitative estimate of drug-likeness (QED) is 0.651. The number of hydrogen-bond acceptors (Lipinski definition) is 4. The van der Waals surface area contributed by atoms with E-state index in [1.807, 2.05) is 0 Å². The van der Waals surface area contributed by atoms with Crippen LogP contribution in [0.25, 0.3) is 0 Å². The fraction of sp³-hybridized carbons (Fsp3) is 0.0500. The maximum atomic E-state index is 12.5. The number of rotatable bonds is 4. The molecule has 2 N–H and O–H groups in total. The summed E-state index contributed by atoms with van der Waals surface area (Å²) in [5, 5.41) is 3.29. The maximum absolute atomic E-state index is 12.5. The summed E-state index contributed by atoms with van der Waals surface area (Å²) in [4.78, 5) is 12.5. The number of fused-ring (bicyclic) bond motifs is 2. The predicted octanol–water partition coefficient (Wildman–Crippen LogP) is 4.64. The molecule has 0 fully saturated rings. The van der Waals surface area contributed by atoms with Crippen LogP contribution >= 0.6 is 11.6 Å². The van der Waals surface area contributed by atoms with E-state index < -0.39 is 10.0 Å². The number of halogens is 1. The van der Waals surface area contributed by atoms with Crippen molar-refractivity contribution in [1.82, 2.24) is 0 Å². The monoisotopic (exact) mass is 414 g/mol. The lowest BCUT2D eigenvalue weighted by molar-refractivity contribution is 0.102. The number of carbonyl (C=O) groups is 1. The Labute approximate surface area is 167 Å². The zero-order valence-electron chi connectivity index (χ0n) is 14.5. The number of ether oxygens (including phenoxy) is 1. The molecular weight excluding hydrogens is 400 g/mol. The molecule has 0 aromatic heterocycles. The van der Waals surface area contributed by atoms with Crippen LogP contribution in [0.5, 0.6) is 11.5 Å². The molecule has 1 aliphatic rings. The summed E-state index contributed by atoms with van der Waals surface area (Å²) in [5.41, 5.74) is 1.66. The van der Waals surface area contributed by atoms with Gasteiger partial charge in [-0.15, -0.1) is 0 Å². The zero-order valence-corrected chi connectivity index (χ0v) is 16.0. The van der Waals surface area contributed by atoms with Crippen LogP contribution in [0.3, 0.4) is 0 Å². The van der Waals surface area contributed by atoms with E-state index in [9.17, 15) is 13.2 Å². The first kappa shape index (κ1) is 18.3. The van der Waals surface area contributed by atoms with Crippen molar-refractivity contribution in [2.75, 3.05) is 10.0 Å². The average molecular weight is 415 g/mol. The topological polar surface area (TPSA) is 84.5 Å². The Bertz CT molecular complexity index is 1160. The first-order chi connectivity index (χ1) is 13.4. The number of carbonyl (C=O) groups excluding carboxylic acids is 1. The SMILES string of the molecule is O=C1Nc2ccccc2Oc2ccc(NS(=O)(=O)Cc3ccc(Cl)cc3)cc21. The number of hydrogen-bond donors (Lipinski definition) is 2. The molecule has 142 valence electrons. The lowest BCUT2D eigenvalue weighted by Gasteiger charge is -2.11. The van der Waals surface area contributed by atoms with E-state index in [4.69, 9.17) is 16.3 Å². The summed E-state index contributed by atoms with van der Waals surface area (Å²) in [6, 6.07) is 18.2. The summed E-state index contributed by atoms with van der Waals surface area (Å²) in [6.45, 7) is 0. The second-order valence-electron chi connectivity index (χ2n) is 6.25. The standard InChI is InChI=1S/C20H15ClN2O4S/c21-14-7-5-13(6-8-14)12-28(25,26)23-15-9-10-18-16(11-15)20(24)22-17-3-1-2-4-19(17)27-18/h1-11,23H,12H2,(H,22,24). The van der Waals surface area contributed by atoms with Crippen molar-refractivity contribution in [1.29, 1.82) is 0 Å². The normalized spacial score (nSPS) is 12.8. The number of para-hydroxylation sites is 2. The van der Waals surface area contributed by atoms with Gasteiger partial charge in [0.1, 0.15) is 5.75 Å². The van der Waals surface area contributed by atoms with E-state index in [0.717, 1.165) is 0 Å². The van der Waals surface area contributed by atoms with Gasteiger partial charge in [0.2, 0.25) is 10.0 Å². The molecular formula is C20H15ClN2O4S. The van der Waals surface area contributed by atoms with Crippen molar-refractivity contribution in [2.24, 2.45) is 0 Å². The molecule has 0 saturated carbocycles. The van der Waals surface area contributed by atoms with Crippen LogP contribution in [-0.4, -0.2) is 14.3 Å². The van der Waals surface area contributed by atoms with Crippen molar-refractivity contribution >= 4 is 38.9 Å². The van der Waals surface area contributed by atoms with Gasteiger partial charge in [-0.2, -0.15) is 0 Å². The molecule has 0 unspecified atom stereocenters. The van der Waals surface area contributed by atoms with Crippen LogP contribution in [-0.2, 0) is 15.8 Å². The molecule has 3 aromatic rings. The third kappa shape index (κ3) is 3.95. The average Bonchev–Trinajstić information content (AvgIpc) is 2.79. The number of amides is 1. The minimum absolute atomic E-state index is 0.213. The van der Waals surface area contributed by atoms with Crippen LogP contribution < -0.4 is 14.8 Å². The lowest BCUT2D eigenvalue weighted by Crippen LogP contribution is -2.16. The van der Waals surface area contributed by atoms with E-state index >= 15 is 0 Å². The van der Waals surface area contributed by atoms with E-state index in [0.29, 0.717) is 27.8 Å². The van der Waals surface area contributed by atoms with Crippen molar-refractivity contribution in [2.45, 2.75) is 5.75 Å². The number of benzene rings is 3. The van der Waals surface area contributed by atoms with Gasteiger partial charge in [0.05, 0.1) is 17.0 Å². The molecule has 0 radical (unpaired) electrons. The van der Waals surface area contributed by atoms with Crippen molar-refractivity contribution in [3.05, 3.63) is 82.9 Å². The van der Waals surface area contributed by atoms with Gasteiger partial charge >= 0.3 is 0 Å². The van der Waals surface area contributed by atoms with Gasteiger partial charge in [0.25, 0.3) is 5.91 Å². The third-order valence-corrected chi connectivity index (χ3v) is 5.63. The Morgan fingerprint density at radius 3 is 2.50 bits per heavy atom. The molecule has 8 heteroatoms. The lowest BCUT2D eigenvalue weighted by atomic mass is 10.1. The van der Waals surface area contributed by atoms with Gasteiger partial charge in [0.15, 0.2) is 5.75 Å². The van der Waals surface area contributed by atoms with Crippen LogP contribution in [0.2, 0.25) is 5.02 Å². The summed E-state index contributed by atoms with van der Waals surface area (Å²) in [5.74, 6) is 0.280. The van der Waals surface area contributed by atoms with Gasteiger partial charge in [-0.05, 0) is 48.0 Å². The number of nitrogens with one attached hydrogen (secondary N) is 2. The van der Waals surface area contributed by atoms with E-state index in [-0.39, 0.29) is 22.9 Å². The highest BCUT2D eigenvalue weighted by molar-refractivity contribution is 7.91. The predicted molar refractivity (Wildman–Crippen MR) is 109 cm³/mol. The molecule has 4 rings (SSSR count). The Hall–Kier alpha value is -3.03. The third-order valence-electron chi connectivity index (χ3n) is 4.12. The fourth-order valence-electron chi connectivity index (χ4n) is 2.84. The van der Waals surface area contributed by atoms with Gasteiger partial charge in [-0.25, -0.2) is 8.42 Å². The van der Waals surface area contributed by atoms with Gasteiger partial charge in [0, 0.05) is 10.7 Å². The highest BCUT2D eigenvalue weighted by Gasteiger charge is 2.22. The van der Waals surface area contributed by atoms with Crippen LogP contribution in [0.4, 0.5) is 11.4 Å². The highest BCUT2D eigenvalue weighted by Crippen LogP contribution is 2.36. The molecule has 1 amide bonds. The zero-order chi connectivity index (χ0) is 19.7. The Kier molecular flexibility index (Phi) is 4.70. The Morgan fingerprint density at radius 1 is 0.964 bits per heavy atom. The molecule has 0 saturated heterocycles. The van der Waals surface area contributed by atoms with Gasteiger partial charge in [-0.3, -0.25) is 9.52 Å². The van der Waals surface area contributed by atoms with Crippen molar-refractivity contribution in [3.8, 4) is 11.5 Å². The second kappa shape index (κ2) is 7.18. The molecule has 0 atom stereocenters. The minimum atomic E-state index is -3.67. The summed E-state index contributed by atoms with van der Waals surface area (Å²) in [6.07, 6.45) is 0. The molecule has 1 aliphatic heterocycles. The highest BCUT2D eigenvalue weighted by atomic mass is 35.5. The first-order valence-electron chi connectivity index (χ1n) is 8.37. The summed E-state index contributed by atoms with van der Waals surface area (Å²) < 4.78 is 33.2. The molecule has 3 aromatic carbocycles. The molecule has 0 bridgehead atoms. The van der Waals surface area contributed by atoms with Crippen LogP contribution in [0.1, 0.15) is 15.9 Å². The summed E-state index contributed by atoms with van der Waals surface area (Å²) >= 11 is 5.83. The van der Waals surface area contributed by atoms with Crippen molar-refractivity contribution in [3.63, 3.8) is 0 Å². The van der Waals surface area contributed by atoms with Crippen LogP contribution in [0, 0.1) is 0 Å². The molecule has 1 heterocycles. The maximum Gasteiger partial charge on any atom is 0.259 e. The molecule has 0 spiro atoms. The Morgan fingerprint density at radius 2 is 1.71 bits per heavy atom. The molecule has 0 aliphatic carbocycles. The summed E-state index contributed by atoms with van der Waals surface area (Å²) in [7, 11) is -3.67. The van der Waals surface area contributed by atoms with Crippen molar-refractivity contribution < 1.29 is 17.9 Å². The molecule has 28 heavy (non-hydrogen) atoms. The van der Waals surface area contributed by atoms with Crippen LogP contribution in [0.15, 0.2) is 66.7 Å². The number of sulfonamides is 1. The minimum Gasteiger partial charge on any atom is -0.454 e. The van der Waals surface area contributed by atoms with E-state index in [2.05, 4.69) is 10.0 Å². The smallest absolute Gasteiger partial charge is 0.259 e. The fourth-order valence-corrected chi connectivity index (χ4v) is 4.16. The van der Waals surface area contributed by atoms with Gasteiger partial charge in [-0.1, -0.05) is 35.9 Å². The largest absolute Gasteiger partial charge is 0.454 e. The number of anilines is 2. The molecule has 6 nitrogen and oxygen atoms in total. The first-order valence-corrected chi connectivity index (χ1v) is 10.4. The van der Waals surface area contributed by atoms with E-state index in [1.165, 1.54) is 6.07 Å².